The second-order valence-corrected chi connectivity index (χ2v) is 11.7. The van der Waals surface area contributed by atoms with Gasteiger partial charge in [0.05, 0.1) is 12.0 Å². The second-order valence-electron chi connectivity index (χ2n) is 11.7. The van der Waals surface area contributed by atoms with Crippen molar-refractivity contribution in [3.8, 4) is 0 Å². The number of aliphatic carboxylic acids is 1. The molecule has 0 aromatic heterocycles. The summed E-state index contributed by atoms with van der Waals surface area (Å²) in [5, 5.41) is 20.1. The lowest BCUT2D eigenvalue weighted by Gasteiger charge is -2.58. The Morgan fingerprint density at radius 1 is 0.742 bits per heavy atom. The molecule has 4 aliphatic carbocycles. The first kappa shape index (κ1) is 25.1. The molecule has 4 aliphatic rings. The van der Waals surface area contributed by atoms with E-state index in [1.807, 2.05) is 0 Å². The van der Waals surface area contributed by atoms with Crippen LogP contribution in [-0.4, -0.2) is 22.3 Å². The molecule has 0 aliphatic heterocycles. The maximum absolute atomic E-state index is 12.2. The van der Waals surface area contributed by atoms with E-state index in [0.29, 0.717) is 0 Å². The maximum atomic E-state index is 12.2. The molecule has 2 unspecified atom stereocenters. The summed E-state index contributed by atoms with van der Waals surface area (Å²) < 4.78 is 0. The van der Waals surface area contributed by atoms with E-state index < -0.39 is 5.97 Å². The minimum atomic E-state index is -0.504. The van der Waals surface area contributed by atoms with Crippen LogP contribution >= 0.6 is 0 Å². The Hall–Kier alpha value is -0.570. The van der Waals surface area contributed by atoms with Crippen LogP contribution in [0.25, 0.3) is 0 Å². The van der Waals surface area contributed by atoms with Gasteiger partial charge in [0, 0.05) is 0 Å². The van der Waals surface area contributed by atoms with Crippen LogP contribution in [0.1, 0.15) is 135 Å². The molecule has 0 aromatic carbocycles. The normalized spacial score (nSPS) is 31.1. The van der Waals surface area contributed by atoms with Crippen molar-refractivity contribution >= 4 is 5.97 Å². The van der Waals surface area contributed by atoms with Crippen molar-refractivity contribution in [1.29, 1.82) is 0 Å². The summed E-state index contributed by atoms with van der Waals surface area (Å²) in [6, 6.07) is 0. The number of carboxylic acid groups (broad SMARTS) is 1. The lowest BCUT2D eigenvalue weighted by atomic mass is 9.46. The van der Waals surface area contributed by atoms with Crippen molar-refractivity contribution in [3.05, 3.63) is 0 Å². The molecular weight excluding hydrogens is 384 g/mol. The number of carboxylic acids is 1. The molecule has 0 amide bonds. The van der Waals surface area contributed by atoms with Crippen LogP contribution < -0.4 is 0 Å². The van der Waals surface area contributed by atoms with E-state index in [4.69, 9.17) is 0 Å². The number of carbonyl (C=O) groups is 1. The third-order valence-corrected chi connectivity index (χ3v) is 9.04. The van der Waals surface area contributed by atoms with E-state index in [2.05, 4.69) is 6.92 Å². The van der Waals surface area contributed by atoms with Crippen LogP contribution in [0.2, 0.25) is 0 Å². The first-order valence-corrected chi connectivity index (χ1v) is 13.9. The molecule has 0 heterocycles. The molecule has 0 aromatic rings. The summed E-state index contributed by atoms with van der Waals surface area (Å²) in [7, 11) is 0. The third-order valence-electron chi connectivity index (χ3n) is 9.04. The molecule has 3 heteroatoms. The molecule has 4 fully saturated rings. The Labute approximate surface area is 191 Å². The molecule has 4 rings (SSSR count). The standard InChI is InChI=1S/C28H50O3/c1-2-3-4-10-13-25(29)14-11-8-6-5-7-9-12-15-26(27(30)31)28-19-22-16-23(20-28)18-24(17-22)21-28/h22-26,29H,2-21H2,1H3,(H,30,31). The van der Waals surface area contributed by atoms with Gasteiger partial charge in [-0.15, -0.1) is 0 Å². The molecule has 4 bridgehead atoms. The summed E-state index contributed by atoms with van der Waals surface area (Å²) in [6.45, 7) is 2.23. The number of rotatable bonds is 17. The van der Waals surface area contributed by atoms with Crippen LogP contribution in [0.5, 0.6) is 0 Å². The molecule has 0 radical (unpaired) electrons. The largest absolute Gasteiger partial charge is 0.481 e. The summed E-state index contributed by atoms with van der Waals surface area (Å²) >= 11 is 0. The number of hydrogen-bond acceptors (Lipinski definition) is 2. The monoisotopic (exact) mass is 434 g/mol. The van der Waals surface area contributed by atoms with Gasteiger partial charge >= 0.3 is 5.97 Å². The maximum Gasteiger partial charge on any atom is 0.307 e. The second kappa shape index (κ2) is 12.6. The van der Waals surface area contributed by atoms with Gasteiger partial charge in [-0.25, -0.2) is 0 Å². The van der Waals surface area contributed by atoms with E-state index in [-0.39, 0.29) is 17.4 Å². The SMILES string of the molecule is CCCCCCC(O)CCCCCCCCCC(C(=O)O)C12CC3CC(CC(C3)C1)C2. The smallest absolute Gasteiger partial charge is 0.307 e. The summed E-state index contributed by atoms with van der Waals surface area (Å²) in [6.07, 6.45) is 24.0. The van der Waals surface area contributed by atoms with Gasteiger partial charge in [0.1, 0.15) is 0 Å². The van der Waals surface area contributed by atoms with Crippen molar-refractivity contribution in [3.63, 3.8) is 0 Å². The fourth-order valence-corrected chi connectivity index (χ4v) is 7.86. The van der Waals surface area contributed by atoms with Gasteiger partial charge in [0.25, 0.3) is 0 Å². The van der Waals surface area contributed by atoms with Crippen LogP contribution in [0.4, 0.5) is 0 Å². The molecule has 4 saturated carbocycles. The predicted octanol–water partition coefficient (Wildman–Crippen LogP) is 7.75. The fourth-order valence-electron chi connectivity index (χ4n) is 7.86. The number of aliphatic hydroxyl groups is 1. The average Bonchev–Trinajstić information content (AvgIpc) is 2.71. The quantitative estimate of drug-likeness (QED) is 0.230. The Morgan fingerprint density at radius 2 is 1.16 bits per heavy atom. The molecule has 3 nitrogen and oxygen atoms in total. The molecular formula is C28H50O3. The molecule has 180 valence electrons. The van der Waals surface area contributed by atoms with E-state index in [1.165, 1.54) is 96.3 Å². The van der Waals surface area contributed by atoms with Crippen LogP contribution in [0, 0.1) is 29.1 Å². The van der Waals surface area contributed by atoms with Gasteiger partial charge in [-0.2, -0.15) is 0 Å². The molecule has 0 spiro atoms. The summed E-state index contributed by atoms with van der Waals surface area (Å²) in [4.78, 5) is 12.2. The Kier molecular flexibility index (Phi) is 10.2. The van der Waals surface area contributed by atoms with Crippen LogP contribution in [-0.2, 0) is 4.79 Å². The molecule has 31 heavy (non-hydrogen) atoms. The fraction of sp³-hybridized carbons (Fsp3) is 0.964. The van der Waals surface area contributed by atoms with Crippen molar-refractivity contribution in [1.82, 2.24) is 0 Å². The number of unbranched alkanes of at least 4 members (excludes halogenated alkanes) is 9. The average molecular weight is 435 g/mol. The Balaban J connectivity index is 1.23. The third kappa shape index (κ3) is 7.47. The van der Waals surface area contributed by atoms with Gasteiger partial charge < -0.3 is 10.2 Å². The van der Waals surface area contributed by atoms with E-state index >= 15 is 0 Å². The van der Waals surface area contributed by atoms with Gasteiger partial charge in [-0.05, 0) is 81.0 Å². The highest BCUT2D eigenvalue weighted by molar-refractivity contribution is 5.71. The highest BCUT2D eigenvalue weighted by Gasteiger charge is 2.55. The van der Waals surface area contributed by atoms with Crippen molar-refractivity contribution in [2.45, 2.75) is 141 Å². The summed E-state index contributed by atoms with van der Waals surface area (Å²) in [5.41, 5.74) is 0.151. The number of aliphatic hydroxyl groups excluding tert-OH is 1. The van der Waals surface area contributed by atoms with Crippen molar-refractivity contribution in [2.75, 3.05) is 0 Å². The van der Waals surface area contributed by atoms with Gasteiger partial charge in [0.2, 0.25) is 0 Å². The van der Waals surface area contributed by atoms with Crippen molar-refractivity contribution < 1.29 is 15.0 Å². The zero-order chi connectivity index (χ0) is 22.1. The Morgan fingerprint density at radius 3 is 1.61 bits per heavy atom. The number of hydrogen-bond donors (Lipinski definition) is 2. The van der Waals surface area contributed by atoms with Gasteiger partial charge in [-0.1, -0.05) is 77.6 Å². The predicted molar refractivity (Wildman–Crippen MR) is 128 cm³/mol. The van der Waals surface area contributed by atoms with Crippen LogP contribution in [0.15, 0.2) is 0 Å². The lowest BCUT2D eigenvalue weighted by molar-refractivity contribution is -0.158. The topological polar surface area (TPSA) is 57.5 Å². The molecule has 0 saturated heterocycles. The minimum absolute atomic E-state index is 0.0836. The highest BCUT2D eigenvalue weighted by atomic mass is 16.4. The van der Waals surface area contributed by atoms with E-state index in [1.54, 1.807) is 0 Å². The molecule has 2 N–H and O–H groups in total. The highest BCUT2D eigenvalue weighted by Crippen LogP contribution is 2.63. The lowest BCUT2D eigenvalue weighted by Crippen LogP contribution is -2.51. The molecule has 2 atom stereocenters. The zero-order valence-corrected chi connectivity index (χ0v) is 20.3. The van der Waals surface area contributed by atoms with Crippen LogP contribution in [0.3, 0.4) is 0 Å². The zero-order valence-electron chi connectivity index (χ0n) is 20.3. The first-order chi connectivity index (χ1) is 15.0. The Bertz CT molecular complexity index is 493. The first-order valence-electron chi connectivity index (χ1n) is 13.9. The van der Waals surface area contributed by atoms with Gasteiger partial charge in [-0.3, -0.25) is 4.79 Å². The van der Waals surface area contributed by atoms with Crippen molar-refractivity contribution in [2.24, 2.45) is 29.1 Å². The van der Waals surface area contributed by atoms with E-state index in [9.17, 15) is 15.0 Å². The summed E-state index contributed by atoms with van der Waals surface area (Å²) in [5.74, 6) is 1.92. The van der Waals surface area contributed by atoms with Gasteiger partial charge in [0.15, 0.2) is 0 Å². The van der Waals surface area contributed by atoms with E-state index in [0.717, 1.165) is 49.9 Å². The minimum Gasteiger partial charge on any atom is -0.481 e.